The van der Waals surface area contributed by atoms with E-state index in [1.165, 1.54) is 27.9 Å². The summed E-state index contributed by atoms with van der Waals surface area (Å²) in [6.07, 6.45) is 20.6. The van der Waals surface area contributed by atoms with E-state index in [1.54, 1.807) is 0 Å². The van der Waals surface area contributed by atoms with Crippen molar-refractivity contribution in [2.45, 2.75) is 33.1 Å². The van der Waals surface area contributed by atoms with Gasteiger partial charge in [0.1, 0.15) is 0 Å². The van der Waals surface area contributed by atoms with Crippen LogP contribution in [0.2, 0.25) is 0 Å². The molecule has 0 N–H and O–H groups in total. The maximum atomic E-state index is 12.5. The third-order valence-corrected chi connectivity index (χ3v) is 6.78. The van der Waals surface area contributed by atoms with Crippen molar-refractivity contribution in [3.05, 3.63) is 82.0 Å². The van der Waals surface area contributed by atoms with Gasteiger partial charge >= 0.3 is 0 Å². The van der Waals surface area contributed by atoms with Crippen molar-refractivity contribution in [2.75, 3.05) is 0 Å². The minimum atomic E-state index is -0.0706. The maximum absolute atomic E-state index is 12.5. The molecule has 1 saturated carbocycles. The first-order valence-corrected chi connectivity index (χ1v) is 8.55. The van der Waals surface area contributed by atoms with E-state index in [0.717, 1.165) is 18.4 Å². The van der Waals surface area contributed by atoms with Crippen LogP contribution < -0.4 is 0 Å². The van der Waals surface area contributed by atoms with Gasteiger partial charge in [0.15, 0.2) is 5.78 Å². The van der Waals surface area contributed by atoms with Gasteiger partial charge in [0, 0.05) is 22.8 Å². The van der Waals surface area contributed by atoms with Crippen LogP contribution in [0.5, 0.6) is 0 Å². The molecule has 0 aromatic heterocycles. The summed E-state index contributed by atoms with van der Waals surface area (Å²) < 4.78 is 0. The molecule has 0 aliphatic heterocycles. The largest absolute Gasteiger partial charge is 0.294 e. The first-order chi connectivity index (χ1) is 11.1. The Hall–Kier alpha value is -2.15. The number of ketones is 1. The highest BCUT2D eigenvalue weighted by Crippen LogP contribution is 2.66. The monoisotopic (exact) mass is 300 g/mol. The van der Waals surface area contributed by atoms with Crippen molar-refractivity contribution in [1.29, 1.82) is 0 Å². The summed E-state index contributed by atoms with van der Waals surface area (Å²) in [6.45, 7) is 4.74. The topological polar surface area (TPSA) is 17.1 Å². The molecule has 0 unspecified atom stereocenters. The molecule has 114 valence electrons. The highest BCUT2D eigenvalue weighted by atomic mass is 16.1. The minimum absolute atomic E-state index is 0.0363. The van der Waals surface area contributed by atoms with Gasteiger partial charge in [0.25, 0.3) is 0 Å². The lowest BCUT2D eigenvalue weighted by Gasteiger charge is -2.57. The van der Waals surface area contributed by atoms with Crippen LogP contribution in [0.15, 0.2) is 82.0 Å². The second kappa shape index (κ2) is 4.03. The Kier molecular flexibility index (Phi) is 2.33. The lowest BCUT2D eigenvalue weighted by molar-refractivity contribution is -0.115. The molecule has 0 aromatic rings. The number of Topliss-reactive ketones (excluding diaryl/α,β-unsaturated/α-hetero) is 1. The predicted molar refractivity (Wildman–Crippen MR) is 92.7 cm³/mol. The molecule has 0 bridgehead atoms. The molecule has 1 fully saturated rings. The van der Waals surface area contributed by atoms with Gasteiger partial charge in [-0.25, -0.2) is 0 Å². The normalized spacial score (nSPS) is 36.7. The van der Waals surface area contributed by atoms with E-state index in [0.29, 0.717) is 12.2 Å². The quantitative estimate of drug-likeness (QED) is 0.620. The zero-order valence-corrected chi connectivity index (χ0v) is 13.6. The van der Waals surface area contributed by atoms with E-state index in [-0.39, 0.29) is 10.8 Å². The van der Waals surface area contributed by atoms with Gasteiger partial charge in [-0.3, -0.25) is 4.79 Å². The fraction of sp³-hybridized carbons (Fsp3) is 0.318. The van der Waals surface area contributed by atoms with Gasteiger partial charge in [-0.15, -0.1) is 0 Å². The van der Waals surface area contributed by atoms with Gasteiger partial charge in [-0.1, -0.05) is 56.4 Å². The van der Waals surface area contributed by atoms with Gasteiger partial charge in [-0.05, 0) is 46.8 Å². The molecule has 5 aliphatic carbocycles. The molecule has 5 rings (SSSR count). The average Bonchev–Trinajstić information content (AvgIpc) is 2.53. The second-order valence-corrected chi connectivity index (χ2v) is 7.54. The molecular formula is C22H20O. The van der Waals surface area contributed by atoms with Crippen LogP contribution in [0.1, 0.15) is 33.1 Å². The van der Waals surface area contributed by atoms with E-state index in [9.17, 15) is 4.79 Å². The molecular weight excluding hydrogens is 280 g/mol. The third kappa shape index (κ3) is 1.33. The maximum Gasteiger partial charge on any atom is 0.163 e. The highest BCUT2D eigenvalue weighted by molar-refractivity contribution is 6.02. The zero-order valence-electron chi connectivity index (χ0n) is 13.6. The Morgan fingerprint density at radius 2 is 1.65 bits per heavy atom. The third-order valence-electron chi connectivity index (χ3n) is 6.78. The Bertz CT molecular complexity index is 881. The molecule has 0 saturated heterocycles. The van der Waals surface area contributed by atoms with Crippen molar-refractivity contribution < 1.29 is 4.79 Å². The van der Waals surface area contributed by atoms with Crippen LogP contribution >= 0.6 is 0 Å². The summed E-state index contributed by atoms with van der Waals surface area (Å²) in [5.41, 5.74) is 7.58. The molecule has 1 heteroatoms. The Labute approximate surface area is 137 Å². The van der Waals surface area contributed by atoms with Crippen LogP contribution in [-0.4, -0.2) is 5.78 Å². The summed E-state index contributed by atoms with van der Waals surface area (Å²) in [5.74, 6) is 0.319. The highest BCUT2D eigenvalue weighted by Gasteiger charge is 2.57. The fourth-order valence-corrected chi connectivity index (χ4v) is 5.24. The van der Waals surface area contributed by atoms with Gasteiger partial charge < -0.3 is 0 Å². The Morgan fingerprint density at radius 3 is 2.52 bits per heavy atom. The average molecular weight is 300 g/mol. The van der Waals surface area contributed by atoms with Crippen molar-refractivity contribution in [3.8, 4) is 0 Å². The van der Waals surface area contributed by atoms with Crippen molar-refractivity contribution in [3.63, 3.8) is 0 Å². The lowest BCUT2D eigenvalue weighted by Crippen LogP contribution is -2.48. The Balaban J connectivity index is 1.90. The molecule has 23 heavy (non-hydrogen) atoms. The van der Waals surface area contributed by atoms with E-state index < -0.39 is 0 Å². The van der Waals surface area contributed by atoms with E-state index in [2.05, 4.69) is 62.5 Å². The SMILES string of the molecule is C[C@@]12C3=CC=CC1=CC=C1C=C4C(=O)CCCC4=C(C=C3)[C@@]12C. The van der Waals surface area contributed by atoms with E-state index in [1.807, 2.05) is 0 Å². The first kappa shape index (κ1) is 13.3. The van der Waals surface area contributed by atoms with Crippen molar-refractivity contribution >= 4 is 5.78 Å². The summed E-state index contributed by atoms with van der Waals surface area (Å²) in [4.78, 5) is 12.5. The van der Waals surface area contributed by atoms with E-state index in [4.69, 9.17) is 0 Å². The minimum Gasteiger partial charge on any atom is -0.294 e. The summed E-state index contributed by atoms with van der Waals surface area (Å²) in [7, 11) is 0. The van der Waals surface area contributed by atoms with Crippen LogP contribution in [-0.2, 0) is 4.79 Å². The number of carbonyl (C=O) groups excluding carboxylic acids is 1. The number of carbonyl (C=O) groups is 1. The summed E-state index contributed by atoms with van der Waals surface area (Å²) >= 11 is 0. The molecule has 0 heterocycles. The first-order valence-electron chi connectivity index (χ1n) is 8.55. The molecule has 5 aliphatic rings. The van der Waals surface area contributed by atoms with Gasteiger partial charge in [-0.2, -0.15) is 0 Å². The Morgan fingerprint density at radius 1 is 0.870 bits per heavy atom. The van der Waals surface area contributed by atoms with Gasteiger partial charge in [0.05, 0.1) is 0 Å². The second-order valence-electron chi connectivity index (χ2n) is 7.54. The van der Waals surface area contributed by atoms with Crippen LogP contribution in [0.3, 0.4) is 0 Å². The molecule has 0 amide bonds. The van der Waals surface area contributed by atoms with Crippen LogP contribution in [0.4, 0.5) is 0 Å². The molecule has 2 atom stereocenters. The molecule has 0 aromatic carbocycles. The zero-order chi connectivity index (χ0) is 15.8. The summed E-state index contributed by atoms with van der Waals surface area (Å²) in [5, 5.41) is 0. The predicted octanol–water partition coefficient (Wildman–Crippen LogP) is 4.92. The summed E-state index contributed by atoms with van der Waals surface area (Å²) in [6, 6.07) is 0. The molecule has 0 spiro atoms. The van der Waals surface area contributed by atoms with E-state index >= 15 is 0 Å². The smallest absolute Gasteiger partial charge is 0.163 e. The molecule has 0 radical (unpaired) electrons. The van der Waals surface area contributed by atoms with Crippen LogP contribution in [0.25, 0.3) is 0 Å². The number of hydrogen-bond acceptors (Lipinski definition) is 1. The number of fused-ring (bicyclic) bond motifs is 1. The number of rotatable bonds is 0. The van der Waals surface area contributed by atoms with Crippen molar-refractivity contribution in [2.24, 2.45) is 10.8 Å². The van der Waals surface area contributed by atoms with Crippen molar-refractivity contribution in [1.82, 2.24) is 0 Å². The molecule has 1 nitrogen and oxygen atoms in total. The standard InChI is InChI=1S/C22H20O/c1-21-14-5-3-6-15(21)11-12-19-17-7-4-8-20(23)18(17)13-16(10-9-14)22(19,21)2/h3,5-6,9-13H,4,7-8H2,1-2H3/t21-,22+/m0/s1. The lowest BCUT2D eigenvalue weighted by atomic mass is 9.45. The number of hydrogen-bond donors (Lipinski definition) is 0. The number of allylic oxidation sites excluding steroid dienone is 14. The van der Waals surface area contributed by atoms with Gasteiger partial charge in [0.2, 0.25) is 0 Å². The van der Waals surface area contributed by atoms with Crippen LogP contribution in [0, 0.1) is 10.8 Å². The fourth-order valence-electron chi connectivity index (χ4n) is 5.24.